The van der Waals surface area contributed by atoms with Crippen LogP contribution in [0.15, 0.2) is 73.1 Å². The number of rotatable bonds is 4. The van der Waals surface area contributed by atoms with Crippen molar-refractivity contribution in [1.29, 1.82) is 0 Å². The molecule has 0 radical (unpaired) electrons. The van der Waals surface area contributed by atoms with Crippen LogP contribution in [0.1, 0.15) is 16.2 Å². The van der Waals surface area contributed by atoms with Gasteiger partial charge in [-0.15, -0.1) is 0 Å². The largest absolute Gasteiger partial charge is 0.280 e. The lowest BCUT2D eigenvalue weighted by Crippen LogP contribution is -2.31. The number of para-hydroxylation sites is 3. The summed E-state index contributed by atoms with van der Waals surface area (Å²) >= 11 is 1.24. The van der Waals surface area contributed by atoms with Gasteiger partial charge in [-0.25, -0.2) is 14.4 Å². The lowest BCUT2D eigenvalue weighted by molar-refractivity contribution is 0.0980. The second-order valence-electron chi connectivity index (χ2n) is 6.54. The van der Waals surface area contributed by atoms with Gasteiger partial charge < -0.3 is 0 Å². The van der Waals surface area contributed by atoms with Crippen molar-refractivity contribution >= 4 is 43.6 Å². The van der Waals surface area contributed by atoms with Crippen molar-refractivity contribution in [3.05, 3.63) is 90.3 Å². The molecule has 0 aliphatic carbocycles. The van der Waals surface area contributed by atoms with Crippen LogP contribution in [0.25, 0.3) is 21.3 Å². The minimum absolute atomic E-state index is 0.176. The zero-order chi connectivity index (χ0) is 20.5. The van der Waals surface area contributed by atoms with Crippen LogP contribution >= 0.6 is 11.3 Å². The summed E-state index contributed by atoms with van der Waals surface area (Å²) in [6.45, 7) is 0.176. The first-order chi connectivity index (χ1) is 14.7. The maximum absolute atomic E-state index is 14.2. The Bertz CT molecular complexity index is 1370. The van der Waals surface area contributed by atoms with E-state index in [9.17, 15) is 9.18 Å². The zero-order valence-corrected chi connectivity index (χ0v) is 16.4. The SMILES string of the molecule is O=C(c1cnc2ccccc2n1)N(Cc1ccccn1)c1nc2c(F)cccc2s1. The molecule has 8 heteroatoms. The smallest absolute Gasteiger partial charge is 0.276 e. The van der Waals surface area contributed by atoms with E-state index in [0.717, 1.165) is 0 Å². The van der Waals surface area contributed by atoms with Crippen LogP contribution < -0.4 is 4.90 Å². The highest BCUT2D eigenvalue weighted by Crippen LogP contribution is 2.31. The summed E-state index contributed by atoms with van der Waals surface area (Å²) in [4.78, 5) is 32.4. The van der Waals surface area contributed by atoms with E-state index in [1.165, 1.54) is 28.5 Å². The van der Waals surface area contributed by atoms with Crippen LogP contribution in [0.4, 0.5) is 9.52 Å². The van der Waals surface area contributed by atoms with Crippen LogP contribution in [0.5, 0.6) is 0 Å². The number of pyridine rings is 1. The Labute approximate surface area is 174 Å². The first-order valence-electron chi connectivity index (χ1n) is 9.18. The number of aromatic nitrogens is 4. The number of carbonyl (C=O) groups excluding carboxylic acids is 1. The maximum atomic E-state index is 14.2. The van der Waals surface area contributed by atoms with Gasteiger partial charge >= 0.3 is 0 Å². The van der Waals surface area contributed by atoms with Gasteiger partial charge in [-0.3, -0.25) is 19.7 Å². The number of halogens is 1. The third-order valence-corrected chi connectivity index (χ3v) is 5.59. The topological polar surface area (TPSA) is 71.9 Å². The minimum Gasteiger partial charge on any atom is -0.276 e. The molecule has 0 aliphatic heterocycles. The molecule has 0 fully saturated rings. The van der Waals surface area contributed by atoms with Crippen molar-refractivity contribution in [2.24, 2.45) is 0 Å². The van der Waals surface area contributed by atoms with E-state index in [4.69, 9.17) is 0 Å². The van der Waals surface area contributed by atoms with Crippen LogP contribution in [0.2, 0.25) is 0 Å². The second-order valence-corrected chi connectivity index (χ2v) is 7.55. The van der Waals surface area contributed by atoms with Crippen LogP contribution in [0, 0.1) is 5.82 Å². The van der Waals surface area contributed by atoms with Gasteiger partial charge in [0.05, 0.1) is 34.2 Å². The fraction of sp³-hybridized carbons (Fsp3) is 0.0455. The van der Waals surface area contributed by atoms with E-state index in [-0.39, 0.29) is 23.7 Å². The normalized spacial score (nSPS) is 11.1. The number of hydrogen-bond donors (Lipinski definition) is 0. The molecular formula is C22H14FN5OS. The van der Waals surface area contributed by atoms with Crippen molar-refractivity contribution in [1.82, 2.24) is 19.9 Å². The standard InChI is InChI=1S/C22H14FN5OS/c23-15-7-5-10-19-20(15)27-22(30-19)28(13-14-6-3-4-11-24-14)21(29)18-12-25-16-8-1-2-9-17(16)26-18/h1-12H,13H2. The molecule has 6 nitrogen and oxygen atoms in total. The van der Waals surface area contributed by atoms with Crippen molar-refractivity contribution in [3.63, 3.8) is 0 Å². The van der Waals surface area contributed by atoms with Gasteiger partial charge in [0, 0.05) is 6.20 Å². The molecule has 0 bridgehead atoms. The average Bonchev–Trinajstić information content (AvgIpc) is 3.23. The monoisotopic (exact) mass is 415 g/mol. The summed E-state index contributed by atoms with van der Waals surface area (Å²) in [7, 11) is 0. The van der Waals surface area contributed by atoms with E-state index >= 15 is 0 Å². The summed E-state index contributed by atoms with van der Waals surface area (Å²) in [6.07, 6.45) is 3.11. The van der Waals surface area contributed by atoms with Crippen LogP contribution in [-0.4, -0.2) is 25.8 Å². The quantitative estimate of drug-likeness (QED) is 0.428. The molecule has 0 spiro atoms. The number of amides is 1. The predicted molar refractivity (Wildman–Crippen MR) is 114 cm³/mol. The van der Waals surface area contributed by atoms with E-state index in [0.29, 0.717) is 26.6 Å². The van der Waals surface area contributed by atoms with Crippen LogP contribution in [0.3, 0.4) is 0 Å². The number of hydrogen-bond acceptors (Lipinski definition) is 6. The molecule has 0 atom stereocenters. The number of nitrogens with zero attached hydrogens (tertiary/aromatic N) is 5. The Hall–Kier alpha value is -3.78. The van der Waals surface area contributed by atoms with Gasteiger partial charge in [-0.1, -0.05) is 35.6 Å². The maximum Gasteiger partial charge on any atom is 0.280 e. The van der Waals surface area contributed by atoms with Crippen LogP contribution in [-0.2, 0) is 6.54 Å². The average molecular weight is 415 g/mol. The summed E-state index contributed by atoms with van der Waals surface area (Å²) in [5.41, 5.74) is 2.42. The highest BCUT2D eigenvalue weighted by molar-refractivity contribution is 7.22. The Kier molecular flexibility index (Phi) is 4.61. The molecule has 5 rings (SSSR count). The van der Waals surface area contributed by atoms with Crippen molar-refractivity contribution in [2.75, 3.05) is 4.90 Å². The summed E-state index contributed by atoms with van der Waals surface area (Å²) in [5.74, 6) is -0.802. The Morgan fingerprint density at radius 3 is 2.57 bits per heavy atom. The van der Waals surface area contributed by atoms with Crippen molar-refractivity contribution in [3.8, 4) is 0 Å². The molecule has 0 N–H and O–H groups in total. The molecule has 0 aliphatic rings. The van der Waals surface area contributed by atoms with Gasteiger partial charge in [-0.05, 0) is 36.4 Å². The van der Waals surface area contributed by atoms with E-state index < -0.39 is 5.82 Å². The first-order valence-corrected chi connectivity index (χ1v) is 9.99. The zero-order valence-electron chi connectivity index (χ0n) is 15.6. The lowest BCUT2D eigenvalue weighted by atomic mass is 10.2. The molecule has 3 aromatic heterocycles. The summed E-state index contributed by atoms with van der Waals surface area (Å²) < 4.78 is 14.9. The number of carbonyl (C=O) groups is 1. The number of benzene rings is 2. The van der Waals surface area contributed by atoms with Gasteiger partial charge in [0.25, 0.3) is 5.91 Å². The molecule has 3 heterocycles. The van der Waals surface area contributed by atoms with Gasteiger partial charge in [-0.2, -0.15) is 0 Å². The van der Waals surface area contributed by atoms with E-state index in [1.807, 2.05) is 30.3 Å². The van der Waals surface area contributed by atoms with E-state index in [2.05, 4.69) is 19.9 Å². The molecule has 30 heavy (non-hydrogen) atoms. The molecule has 5 aromatic rings. The Balaban J connectivity index is 1.60. The van der Waals surface area contributed by atoms with Crippen molar-refractivity contribution in [2.45, 2.75) is 6.54 Å². The number of fused-ring (bicyclic) bond motifs is 2. The summed E-state index contributed by atoms with van der Waals surface area (Å²) in [5, 5.41) is 0.376. The van der Waals surface area contributed by atoms with Crippen molar-refractivity contribution < 1.29 is 9.18 Å². The Morgan fingerprint density at radius 2 is 1.77 bits per heavy atom. The molecule has 0 saturated heterocycles. The fourth-order valence-electron chi connectivity index (χ4n) is 3.10. The minimum atomic E-state index is -0.425. The Morgan fingerprint density at radius 1 is 0.933 bits per heavy atom. The molecular weight excluding hydrogens is 401 g/mol. The predicted octanol–water partition coefficient (Wildman–Crippen LogP) is 4.62. The number of thiazole rings is 1. The molecule has 0 saturated carbocycles. The lowest BCUT2D eigenvalue weighted by Gasteiger charge is -2.19. The highest BCUT2D eigenvalue weighted by atomic mass is 32.1. The first kappa shape index (κ1) is 18.3. The second kappa shape index (κ2) is 7.57. The highest BCUT2D eigenvalue weighted by Gasteiger charge is 2.24. The third kappa shape index (κ3) is 3.37. The van der Waals surface area contributed by atoms with E-state index in [1.54, 1.807) is 30.5 Å². The molecule has 146 valence electrons. The molecule has 1 amide bonds. The number of anilines is 1. The van der Waals surface area contributed by atoms with Gasteiger partial charge in [0.15, 0.2) is 5.13 Å². The summed E-state index contributed by atoms with van der Waals surface area (Å²) in [6, 6.07) is 17.6. The third-order valence-electron chi connectivity index (χ3n) is 4.55. The molecule has 2 aromatic carbocycles. The fourth-order valence-corrected chi connectivity index (χ4v) is 4.07. The molecule has 0 unspecified atom stereocenters. The van der Waals surface area contributed by atoms with Gasteiger partial charge in [0.2, 0.25) is 0 Å². The van der Waals surface area contributed by atoms with Gasteiger partial charge in [0.1, 0.15) is 17.0 Å².